The highest BCUT2D eigenvalue weighted by atomic mass is 15.4. The molecule has 0 aromatic heterocycles. The number of anilines is 1. The molecule has 2 heterocycles. The maximum absolute atomic E-state index is 8.45. The molecular weight excluding hydrogens is 220 g/mol. The minimum absolute atomic E-state index is 0.821. The van der Waals surface area contributed by atoms with Crippen molar-refractivity contribution in [1.29, 1.82) is 0 Å². The third kappa shape index (κ3) is 1.41. The molecule has 2 heteroatoms. The summed E-state index contributed by atoms with van der Waals surface area (Å²) >= 11 is 0. The highest BCUT2D eigenvalue weighted by Gasteiger charge is 2.37. The van der Waals surface area contributed by atoms with Crippen LogP contribution in [0.15, 0.2) is 47.8 Å². The van der Waals surface area contributed by atoms with Gasteiger partial charge in [-0.2, -0.15) is 0 Å². The first-order valence-electron chi connectivity index (χ1n) is 8.19. The standard InChI is InChI=1S/C16H20N2/c1-11-7-5-6-8-15(11)18-13(3)16-10-9-12(2)17(16)14(18)4/h5-10,12,14H,1-4H3/i4D3,12D. The molecule has 2 atom stereocenters. The van der Waals surface area contributed by atoms with E-state index in [4.69, 9.17) is 5.48 Å². The van der Waals surface area contributed by atoms with Gasteiger partial charge in [-0.05, 0) is 45.3 Å². The van der Waals surface area contributed by atoms with Crippen LogP contribution in [0.1, 0.15) is 31.7 Å². The summed E-state index contributed by atoms with van der Waals surface area (Å²) in [5.41, 5.74) is 3.60. The van der Waals surface area contributed by atoms with Crippen LogP contribution < -0.4 is 4.90 Å². The summed E-state index contributed by atoms with van der Waals surface area (Å²) in [5.74, 6) is 0. The molecule has 0 N–H and O–H groups in total. The zero-order valence-electron chi connectivity index (χ0n) is 14.9. The van der Waals surface area contributed by atoms with E-state index in [1.165, 1.54) is 0 Å². The molecule has 1 aromatic carbocycles. The molecule has 2 aliphatic rings. The predicted octanol–water partition coefficient (Wildman–Crippen LogP) is 3.65. The fourth-order valence-corrected chi connectivity index (χ4v) is 2.74. The van der Waals surface area contributed by atoms with Gasteiger partial charge in [-0.25, -0.2) is 0 Å². The van der Waals surface area contributed by atoms with E-state index in [9.17, 15) is 0 Å². The van der Waals surface area contributed by atoms with Gasteiger partial charge in [0.05, 0.1) is 7.07 Å². The molecule has 2 aliphatic heterocycles. The smallest absolute Gasteiger partial charge is 0.104 e. The largest absolute Gasteiger partial charge is 0.343 e. The van der Waals surface area contributed by atoms with Crippen LogP contribution in [-0.2, 0) is 0 Å². The monoisotopic (exact) mass is 244 g/mol. The second-order valence-corrected chi connectivity index (χ2v) is 4.85. The minimum Gasteiger partial charge on any atom is -0.343 e. The number of para-hydroxylation sites is 1. The van der Waals surface area contributed by atoms with Gasteiger partial charge in [0.15, 0.2) is 0 Å². The third-order valence-corrected chi connectivity index (χ3v) is 3.72. The third-order valence-electron chi connectivity index (χ3n) is 3.72. The average molecular weight is 244 g/mol. The number of rotatable bonds is 1. The summed E-state index contributed by atoms with van der Waals surface area (Å²) in [4.78, 5) is 3.55. The van der Waals surface area contributed by atoms with Crippen molar-refractivity contribution in [2.24, 2.45) is 0 Å². The lowest BCUT2D eigenvalue weighted by Crippen LogP contribution is -2.40. The lowest BCUT2D eigenvalue weighted by atomic mass is 10.1. The average Bonchev–Trinajstić information content (AvgIpc) is 2.87. The van der Waals surface area contributed by atoms with Crippen LogP contribution in [0.4, 0.5) is 5.69 Å². The van der Waals surface area contributed by atoms with Crippen LogP contribution in [0, 0.1) is 6.92 Å². The van der Waals surface area contributed by atoms with Gasteiger partial charge in [-0.15, -0.1) is 0 Å². The molecule has 0 saturated heterocycles. The van der Waals surface area contributed by atoms with Gasteiger partial charge in [-0.1, -0.05) is 24.3 Å². The topological polar surface area (TPSA) is 6.48 Å². The molecule has 18 heavy (non-hydrogen) atoms. The van der Waals surface area contributed by atoms with E-state index in [1.54, 1.807) is 17.9 Å². The highest BCUT2D eigenvalue weighted by Crippen LogP contribution is 2.39. The Labute approximate surface area is 115 Å². The zero-order valence-corrected chi connectivity index (χ0v) is 10.9. The number of nitrogens with zero attached hydrogens (tertiary/aromatic N) is 2. The van der Waals surface area contributed by atoms with Crippen molar-refractivity contribution in [3.8, 4) is 0 Å². The van der Waals surface area contributed by atoms with E-state index in [1.807, 2.05) is 49.1 Å². The normalized spacial score (nSPS) is 34.3. The predicted molar refractivity (Wildman–Crippen MR) is 76.3 cm³/mol. The first-order valence-corrected chi connectivity index (χ1v) is 6.19. The minimum atomic E-state index is -2.22. The van der Waals surface area contributed by atoms with Crippen LogP contribution in [0.2, 0.25) is 0 Å². The molecule has 0 spiro atoms. The van der Waals surface area contributed by atoms with Crippen molar-refractivity contribution in [2.45, 2.75) is 39.8 Å². The van der Waals surface area contributed by atoms with Gasteiger partial charge >= 0.3 is 0 Å². The number of fused-ring (bicyclic) bond motifs is 1. The molecule has 0 fully saturated rings. The summed E-state index contributed by atoms with van der Waals surface area (Å²) in [6, 6.07) is 6.72. The molecule has 0 bridgehead atoms. The molecule has 2 nitrogen and oxygen atoms in total. The van der Waals surface area contributed by atoms with Crippen molar-refractivity contribution in [2.75, 3.05) is 4.90 Å². The summed E-state index contributed by atoms with van der Waals surface area (Å²) < 4.78 is 32.5. The fraction of sp³-hybridized carbons (Fsp3) is 0.375. The number of hydrogen-bond acceptors (Lipinski definition) is 2. The summed E-state index contributed by atoms with van der Waals surface area (Å²) in [5, 5.41) is 0. The van der Waals surface area contributed by atoms with Crippen LogP contribution in [0.5, 0.6) is 0 Å². The van der Waals surface area contributed by atoms with Gasteiger partial charge in [0, 0.05) is 21.5 Å². The van der Waals surface area contributed by atoms with E-state index in [0.29, 0.717) is 0 Å². The van der Waals surface area contributed by atoms with Crippen molar-refractivity contribution >= 4 is 5.69 Å². The Bertz CT molecular complexity index is 673. The Morgan fingerprint density at radius 2 is 2.06 bits per heavy atom. The van der Waals surface area contributed by atoms with E-state index in [2.05, 4.69) is 0 Å². The maximum atomic E-state index is 8.45. The van der Waals surface area contributed by atoms with Crippen molar-refractivity contribution < 1.29 is 5.48 Å². The number of aryl methyl sites for hydroxylation is 1. The Balaban J connectivity index is 2.19. The number of allylic oxidation sites excluding steroid dienone is 2. The second kappa shape index (κ2) is 3.91. The Morgan fingerprint density at radius 3 is 2.78 bits per heavy atom. The van der Waals surface area contributed by atoms with Gasteiger partial charge in [0.25, 0.3) is 0 Å². The molecule has 0 radical (unpaired) electrons. The Hall–Kier alpha value is -1.70. The van der Waals surface area contributed by atoms with Crippen molar-refractivity contribution in [3.63, 3.8) is 0 Å². The zero-order chi connectivity index (χ0) is 16.3. The number of benzene rings is 1. The van der Waals surface area contributed by atoms with E-state index >= 15 is 0 Å². The first-order chi connectivity index (χ1) is 10.1. The summed E-state index contributed by atoms with van der Waals surface area (Å²) in [6.07, 6.45) is 2.75. The van der Waals surface area contributed by atoms with Gasteiger partial charge < -0.3 is 9.80 Å². The van der Waals surface area contributed by atoms with Gasteiger partial charge in [0.1, 0.15) is 6.17 Å². The SMILES string of the molecule is [2H]C([2H])([2H])C1N(c2ccccc2C)C(C)=C2C=CC([2H])(C)N21. The molecular formula is C16H20N2. The molecule has 3 rings (SSSR count). The Kier molecular flexibility index (Phi) is 1.67. The maximum Gasteiger partial charge on any atom is 0.104 e. The van der Waals surface area contributed by atoms with Crippen molar-refractivity contribution in [3.05, 3.63) is 53.4 Å². The van der Waals surface area contributed by atoms with Crippen molar-refractivity contribution in [1.82, 2.24) is 4.90 Å². The molecule has 94 valence electrons. The Morgan fingerprint density at radius 1 is 1.28 bits per heavy atom. The lowest BCUT2D eigenvalue weighted by molar-refractivity contribution is 0.282. The molecule has 0 amide bonds. The lowest BCUT2D eigenvalue weighted by Gasteiger charge is -2.33. The van der Waals surface area contributed by atoms with E-state index in [0.717, 1.165) is 22.6 Å². The van der Waals surface area contributed by atoms with Crippen LogP contribution in [0.25, 0.3) is 0 Å². The molecule has 1 aromatic rings. The highest BCUT2D eigenvalue weighted by molar-refractivity contribution is 5.62. The quantitative estimate of drug-likeness (QED) is 0.744. The summed E-state index contributed by atoms with van der Waals surface area (Å²) in [6.45, 7) is 3.40. The van der Waals surface area contributed by atoms with Crippen LogP contribution in [-0.4, -0.2) is 17.1 Å². The van der Waals surface area contributed by atoms with E-state index < -0.39 is 19.0 Å². The van der Waals surface area contributed by atoms with Gasteiger partial charge in [-0.3, -0.25) is 0 Å². The first kappa shape index (κ1) is 7.67. The molecule has 0 aliphatic carbocycles. The summed E-state index contributed by atoms with van der Waals surface area (Å²) in [7, 11) is 0. The molecule has 2 unspecified atom stereocenters. The van der Waals surface area contributed by atoms with Crippen LogP contribution >= 0.6 is 0 Å². The van der Waals surface area contributed by atoms with E-state index in [-0.39, 0.29) is 0 Å². The van der Waals surface area contributed by atoms with Gasteiger partial charge in [0.2, 0.25) is 0 Å². The second-order valence-electron chi connectivity index (χ2n) is 4.85. The number of hydrogen-bond donors (Lipinski definition) is 0. The fourth-order valence-electron chi connectivity index (χ4n) is 2.74. The molecule has 0 saturated carbocycles. The van der Waals surface area contributed by atoms with Crippen LogP contribution in [0.3, 0.4) is 0 Å².